The molecule has 1 atom stereocenters. The lowest BCUT2D eigenvalue weighted by atomic mass is 9.90. The second-order valence-electron chi connectivity index (χ2n) is 4.66. The van der Waals surface area contributed by atoms with Gasteiger partial charge in [-0.25, -0.2) is 0 Å². The molecular formula is C14H11BrCl2S. The Balaban J connectivity index is 1.98. The standard InChI is InChI=1S/C14H11BrCl2S/c15-12(10-8-11(16)18-13(10)17)14(6-7-14)9-4-2-1-3-5-9/h1-5,8,12H,6-7H2. The molecule has 1 aromatic heterocycles. The van der Waals surface area contributed by atoms with Crippen LogP contribution in [0.4, 0.5) is 0 Å². The van der Waals surface area contributed by atoms with Crippen LogP contribution in [0.1, 0.15) is 28.8 Å². The molecule has 1 heterocycles. The van der Waals surface area contributed by atoms with Crippen LogP contribution in [0.5, 0.6) is 0 Å². The molecule has 0 N–H and O–H groups in total. The Bertz CT molecular complexity index is 560. The second kappa shape index (κ2) is 4.82. The molecular weight excluding hydrogens is 351 g/mol. The van der Waals surface area contributed by atoms with E-state index in [-0.39, 0.29) is 10.2 Å². The van der Waals surface area contributed by atoms with E-state index in [9.17, 15) is 0 Å². The average Bonchev–Trinajstić information content (AvgIpc) is 3.11. The topological polar surface area (TPSA) is 0 Å². The SMILES string of the molecule is Clc1cc(C(Br)C2(c3ccccc3)CC2)c(Cl)s1. The Hall–Kier alpha value is -0.0200. The van der Waals surface area contributed by atoms with Gasteiger partial charge in [0.1, 0.15) is 0 Å². The van der Waals surface area contributed by atoms with Crippen LogP contribution in [-0.2, 0) is 5.41 Å². The van der Waals surface area contributed by atoms with E-state index in [0.29, 0.717) is 0 Å². The van der Waals surface area contributed by atoms with Crippen LogP contribution >= 0.6 is 50.5 Å². The molecule has 0 nitrogen and oxygen atoms in total. The van der Waals surface area contributed by atoms with Crippen LogP contribution in [-0.4, -0.2) is 0 Å². The van der Waals surface area contributed by atoms with Gasteiger partial charge in [0, 0.05) is 5.41 Å². The second-order valence-corrected chi connectivity index (χ2v) is 7.87. The average molecular weight is 362 g/mol. The van der Waals surface area contributed by atoms with Gasteiger partial charge < -0.3 is 0 Å². The molecule has 1 unspecified atom stereocenters. The van der Waals surface area contributed by atoms with Gasteiger partial charge in [0.15, 0.2) is 0 Å². The monoisotopic (exact) mass is 360 g/mol. The molecule has 0 bridgehead atoms. The zero-order chi connectivity index (χ0) is 12.8. The minimum atomic E-state index is 0.190. The molecule has 2 aromatic rings. The van der Waals surface area contributed by atoms with Crippen molar-refractivity contribution in [3.63, 3.8) is 0 Å². The Morgan fingerprint density at radius 3 is 2.33 bits per heavy atom. The van der Waals surface area contributed by atoms with E-state index in [1.54, 1.807) is 0 Å². The molecule has 1 aliphatic carbocycles. The zero-order valence-electron chi connectivity index (χ0n) is 9.50. The summed E-state index contributed by atoms with van der Waals surface area (Å²) < 4.78 is 1.55. The fourth-order valence-electron chi connectivity index (χ4n) is 2.42. The molecule has 1 aliphatic rings. The van der Waals surface area contributed by atoms with E-state index >= 15 is 0 Å². The van der Waals surface area contributed by atoms with Gasteiger partial charge in [0.25, 0.3) is 0 Å². The minimum absolute atomic E-state index is 0.190. The fourth-order valence-corrected chi connectivity index (χ4v) is 5.32. The normalized spacial score (nSPS) is 18.6. The van der Waals surface area contributed by atoms with Crippen molar-refractivity contribution in [3.8, 4) is 0 Å². The summed E-state index contributed by atoms with van der Waals surface area (Å²) in [5.41, 5.74) is 2.69. The fraction of sp³-hybridized carbons (Fsp3) is 0.286. The van der Waals surface area contributed by atoms with Crippen molar-refractivity contribution in [2.45, 2.75) is 23.1 Å². The van der Waals surface area contributed by atoms with E-state index in [2.05, 4.69) is 46.3 Å². The van der Waals surface area contributed by atoms with Crippen molar-refractivity contribution >= 4 is 50.5 Å². The van der Waals surface area contributed by atoms with E-state index in [0.717, 1.165) is 14.2 Å². The van der Waals surface area contributed by atoms with Crippen LogP contribution in [0.15, 0.2) is 36.4 Å². The Kier molecular flexibility index (Phi) is 3.48. The van der Waals surface area contributed by atoms with Crippen molar-refractivity contribution in [2.24, 2.45) is 0 Å². The number of halogens is 3. The highest BCUT2D eigenvalue weighted by molar-refractivity contribution is 9.09. The summed E-state index contributed by atoms with van der Waals surface area (Å²) in [7, 11) is 0. The van der Waals surface area contributed by atoms with Crippen molar-refractivity contribution in [1.29, 1.82) is 0 Å². The van der Waals surface area contributed by atoms with Gasteiger partial charge in [-0.2, -0.15) is 0 Å². The van der Waals surface area contributed by atoms with E-state index in [1.807, 2.05) is 6.07 Å². The van der Waals surface area contributed by atoms with Crippen LogP contribution < -0.4 is 0 Å². The van der Waals surface area contributed by atoms with Crippen molar-refractivity contribution in [1.82, 2.24) is 0 Å². The third-order valence-corrected chi connectivity index (χ3v) is 6.47. The quantitative estimate of drug-likeness (QED) is 0.569. The first kappa shape index (κ1) is 13.0. The largest absolute Gasteiger partial charge is 0.111 e. The van der Waals surface area contributed by atoms with Crippen LogP contribution in [0.2, 0.25) is 8.67 Å². The summed E-state index contributed by atoms with van der Waals surface area (Å²) >= 11 is 17.6. The molecule has 18 heavy (non-hydrogen) atoms. The Labute approximate surface area is 129 Å². The summed E-state index contributed by atoms with van der Waals surface area (Å²) in [5.74, 6) is 0. The lowest BCUT2D eigenvalue weighted by Gasteiger charge is -2.22. The molecule has 3 rings (SSSR count). The lowest BCUT2D eigenvalue weighted by Crippen LogP contribution is -2.13. The number of benzene rings is 1. The van der Waals surface area contributed by atoms with E-state index in [1.165, 1.54) is 29.7 Å². The highest BCUT2D eigenvalue weighted by Gasteiger charge is 2.50. The molecule has 1 saturated carbocycles. The smallest absolute Gasteiger partial charge is 0.0987 e. The maximum absolute atomic E-state index is 6.27. The summed E-state index contributed by atoms with van der Waals surface area (Å²) in [4.78, 5) is 0.239. The molecule has 94 valence electrons. The molecule has 4 heteroatoms. The lowest BCUT2D eigenvalue weighted by molar-refractivity contribution is 0.683. The predicted molar refractivity (Wildman–Crippen MR) is 83.4 cm³/mol. The Morgan fingerprint density at radius 1 is 1.17 bits per heavy atom. The van der Waals surface area contributed by atoms with Crippen molar-refractivity contribution in [3.05, 3.63) is 56.2 Å². The zero-order valence-corrected chi connectivity index (χ0v) is 13.4. The van der Waals surface area contributed by atoms with Crippen molar-refractivity contribution < 1.29 is 0 Å². The number of hydrogen-bond acceptors (Lipinski definition) is 1. The van der Waals surface area contributed by atoms with Crippen molar-refractivity contribution in [2.75, 3.05) is 0 Å². The molecule has 0 spiro atoms. The Morgan fingerprint density at radius 2 is 1.83 bits per heavy atom. The van der Waals surface area contributed by atoms with Gasteiger partial charge in [-0.05, 0) is 30.0 Å². The molecule has 0 aliphatic heterocycles. The first-order chi connectivity index (χ1) is 8.63. The van der Waals surface area contributed by atoms with E-state index < -0.39 is 0 Å². The van der Waals surface area contributed by atoms with Gasteiger partial charge in [0.2, 0.25) is 0 Å². The van der Waals surface area contributed by atoms with Gasteiger partial charge in [0.05, 0.1) is 13.5 Å². The minimum Gasteiger partial charge on any atom is -0.111 e. The first-order valence-electron chi connectivity index (χ1n) is 5.78. The highest BCUT2D eigenvalue weighted by Crippen LogP contribution is 2.61. The summed E-state index contributed by atoms with van der Waals surface area (Å²) in [6.45, 7) is 0. The van der Waals surface area contributed by atoms with Gasteiger partial charge >= 0.3 is 0 Å². The maximum atomic E-state index is 6.27. The molecule has 0 amide bonds. The molecule has 0 radical (unpaired) electrons. The molecule has 1 fully saturated rings. The summed E-state index contributed by atoms with van der Waals surface area (Å²) in [5, 5.41) is 0. The van der Waals surface area contributed by atoms with Crippen LogP contribution in [0, 0.1) is 0 Å². The first-order valence-corrected chi connectivity index (χ1v) is 8.27. The molecule has 1 aromatic carbocycles. The summed E-state index contributed by atoms with van der Waals surface area (Å²) in [6, 6.07) is 12.6. The van der Waals surface area contributed by atoms with Gasteiger partial charge in [-0.1, -0.05) is 69.5 Å². The van der Waals surface area contributed by atoms with Crippen LogP contribution in [0.25, 0.3) is 0 Å². The van der Waals surface area contributed by atoms with Gasteiger partial charge in [-0.3, -0.25) is 0 Å². The number of alkyl halides is 1. The van der Waals surface area contributed by atoms with Crippen LogP contribution in [0.3, 0.4) is 0 Å². The highest BCUT2D eigenvalue weighted by atomic mass is 79.9. The third-order valence-electron chi connectivity index (χ3n) is 3.58. The van der Waals surface area contributed by atoms with Gasteiger partial charge in [-0.15, -0.1) is 11.3 Å². The number of hydrogen-bond donors (Lipinski definition) is 0. The van der Waals surface area contributed by atoms with E-state index in [4.69, 9.17) is 23.2 Å². The maximum Gasteiger partial charge on any atom is 0.0987 e. The third kappa shape index (κ3) is 2.14. The summed E-state index contributed by atoms with van der Waals surface area (Å²) in [6.07, 6.45) is 2.38. The number of rotatable bonds is 3. The molecule has 0 saturated heterocycles. The predicted octanol–water partition coefficient (Wildman–Crippen LogP) is 6.22. The number of thiophene rings is 1.